The standard InChI is InChI=1S/C13H19BO4S/c1-12(2)13(3,4)18-14(17-12)10-7-6-8-11(9-10)19(5,15)16/h6-9H,1-5H3. The van der Waals surface area contributed by atoms with Crippen LogP contribution in [0.2, 0.25) is 0 Å². The number of sulfone groups is 1. The molecule has 6 heteroatoms. The molecule has 1 aliphatic heterocycles. The molecule has 0 N–H and O–H groups in total. The monoisotopic (exact) mass is 282 g/mol. The lowest BCUT2D eigenvalue weighted by molar-refractivity contribution is 0.00578. The summed E-state index contributed by atoms with van der Waals surface area (Å²) in [5, 5.41) is 0. The van der Waals surface area contributed by atoms with E-state index in [-0.39, 0.29) is 4.90 Å². The van der Waals surface area contributed by atoms with Gasteiger partial charge in [0, 0.05) is 6.26 Å². The molecule has 0 amide bonds. The van der Waals surface area contributed by atoms with Crippen molar-refractivity contribution in [1.82, 2.24) is 0 Å². The molecular weight excluding hydrogens is 263 g/mol. The summed E-state index contributed by atoms with van der Waals surface area (Å²) >= 11 is 0. The highest BCUT2D eigenvalue weighted by Gasteiger charge is 2.51. The molecule has 4 nitrogen and oxygen atoms in total. The van der Waals surface area contributed by atoms with E-state index in [2.05, 4.69) is 0 Å². The van der Waals surface area contributed by atoms with Gasteiger partial charge < -0.3 is 9.31 Å². The normalized spacial score (nSPS) is 21.6. The van der Waals surface area contributed by atoms with Crippen molar-refractivity contribution in [3.05, 3.63) is 24.3 Å². The average molecular weight is 282 g/mol. The van der Waals surface area contributed by atoms with Crippen LogP contribution in [0.5, 0.6) is 0 Å². The maximum atomic E-state index is 11.6. The van der Waals surface area contributed by atoms with Crippen molar-refractivity contribution in [3.63, 3.8) is 0 Å². The van der Waals surface area contributed by atoms with Crippen molar-refractivity contribution < 1.29 is 17.7 Å². The Labute approximate surface area is 115 Å². The van der Waals surface area contributed by atoms with Gasteiger partial charge in [0.15, 0.2) is 9.84 Å². The summed E-state index contributed by atoms with van der Waals surface area (Å²) in [7, 11) is -3.76. The molecule has 0 radical (unpaired) electrons. The van der Waals surface area contributed by atoms with Crippen LogP contribution in [0.25, 0.3) is 0 Å². The summed E-state index contributed by atoms with van der Waals surface area (Å²) in [5.74, 6) is 0. The Morgan fingerprint density at radius 3 is 2.05 bits per heavy atom. The van der Waals surface area contributed by atoms with Crippen LogP contribution in [0.1, 0.15) is 27.7 Å². The molecule has 1 saturated heterocycles. The van der Waals surface area contributed by atoms with Crippen molar-refractivity contribution in [2.75, 3.05) is 6.26 Å². The molecule has 0 aliphatic carbocycles. The predicted octanol–water partition coefficient (Wildman–Crippen LogP) is 1.39. The van der Waals surface area contributed by atoms with Gasteiger partial charge in [-0.2, -0.15) is 0 Å². The molecule has 1 heterocycles. The van der Waals surface area contributed by atoms with Gasteiger partial charge in [-0.05, 0) is 45.3 Å². The maximum absolute atomic E-state index is 11.6. The molecule has 19 heavy (non-hydrogen) atoms. The van der Waals surface area contributed by atoms with Crippen molar-refractivity contribution in [3.8, 4) is 0 Å². The Kier molecular flexibility index (Phi) is 3.32. The van der Waals surface area contributed by atoms with Crippen LogP contribution in [0.15, 0.2) is 29.2 Å². The summed E-state index contributed by atoms with van der Waals surface area (Å²) in [6.45, 7) is 7.86. The van der Waals surface area contributed by atoms with E-state index in [1.807, 2.05) is 33.8 Å². The fourth-order valence-electron chi connectivity index (χ4n) is 1.87. The minimum absolute atomic E-state index is 0.278. The first-order chi connectivity index (χ1) is 8.53. The topological polar surface area (TPSA) is 52.6 Å². The van der Waals surface area contributed by atoms with E-state index in [1.54, 1.807) is 18.2 Å². The summed E-state index contributed by atoms with van der Waals surface area (Å²) in [5.41, 5.74) is -0.140. The van der Waals surface area contributed by atoms with Gasteiger partial charge in [-0.25, -0.2) is 8.42 Å². The predicted molar refractivity (Wildman–Crippen MR) is 75.3 cm³/mol. The Hall–Kier alpha value is -0.845. The summed E-state index contributed by atoms with van der Waals surface area (Å²) in [4.78, 5) is 0.278. The Balaban J connectivity index is 2.36. The number of benzene rings is 1. The lowest BCUT2D eigenvalue weighted by atomic mass is 9.79. The number of hydrogen-bond acceptors (Lipinski definition) is 4. The first-order valence-corrected chi connectivity index (χ1v) is 8.08. The van der Waals surface area contributed by atoms with Gasteiger partial charge >= 0.3 is 7.12 Å². The first kappa shape index (κ1) is 14.6. The van der Waals surface area contributed by atoms with Gasteiger partial charge in [-0.3, -0.25) is 0 Å². The van der Waals surface area contributed by atoms with Gasteiger partial charge in [0.2, 0.25) is 0 Å². The maximum Gasteiger partial charge on any atom is 0.494 e. The Morgan fingerprint density at radius 1 is 1.05 bits per heavy atom. The summed E-state index contributed by atoms with van der Waals surface area (Å²) in [6, 6.07) is 6.70. The third-order valence-corrected chi connectivity index (χ3v) is 4.92. The summed E-state index contributed by atoms with van der Waals surface area (Å²) in [6.07, 6.45) is 1.19. The quantitative estimate of drug-likeness (QED) is 0.769. The molecule has 1 aliphatic rings. The van der Waals surface area contributed by atoms with Crippen LogP contribution in [0, 0.1) is 0 Å². The van der Waals surface area contributed by atoms with Crippen LogP contribution in [0.3, 0.4) is 0 Å². The Bertz CT molecular complexity index is 576. The zero-order valence-electron chi connectivity index (χ0n) is 11.9. The molecule has 0 unspecified atom stereocenters. The van der Waals surface area contributed by atoms with E-state index in [4.69, 9.17) is 9.31 Å². The average Bonchev–Trinajstić information content (AvgIpc) is 2.47. The van der Waals surface area contributed by atoms with Crippen LogP contribution >= 0.6 is 0 Å². The highest BCUT2D eigenvalue weighted by molar-refractivity contribution is 7.90. The van der Waals surface area contributed by atoms with E-state index < -0.39 is 28.2 Å². The van der Waals surface area contributed by atoms with Crippen molar-refractivity contribution in [2.24, 2.45) is 0 Å². The van der Waals surface area contributed by atoms with E-state index in [1.165, 1.54) is 6.26 Å². The van der Waals surface area contributed by atoms with Crippen LogP contribution in [-0.2, 0) is 19.1 Å². The minimum atomic E-state index is -3.22. The largest absolute Gasteiger partial charge is 0.494 e. The zero-order chi connectivity index (χ0) is 14.5. The van der Waals surface area contributed by atoms with E-state index >= 15 is 0 Å². The van der Waals surface area contributed by atoms with Crippen LogP contribution in [-0.4, -0.2) is 33.0 Å². The van der Waals surface area contributed by atoms with Gasteiger partial charge in [-0.1, -0.05) is 12.1 Å². The van der Waals surface area contributed by atoms with Crippen molar-refractivity contribution in [1.29, 1.82) is 0 Å². The number of hydrogen-bond donors (Lipinski definition) is 0. The third-order valence-electron chi connectivity index (χ3n) is 3.81. The Morgan fingerprint density at radius 2 is 1.58 bits per heavy atom. The van der Waals surface area contributed by atoms with Gasteiger partial charge in [-0.15, -0.1) is 0 Å². The number of rotatable bonds is 2. The molecule has 1 aromatic rings. The van der Waals surface area contributed by atoms with Gasteiger partial charge in [0.05, 0.1) is 16.1 Å². The highest BCUT2D eigenvalue weighted by Crippen LogP contribution is 2.36. The molecule has 0 atom stereocenters. The molecule has 1 fully saturated rings. The fraction of sp³-hybridized carbons (Fsp3) is 0.538. The molecule has 0 spiro atoms. The highest BCUT2D eigenvalue weighted by atomic mass is 32.2. The van der Waals surface area contributed by atoms with Crippen LogP contribution < -0.4 is 5.46 Å². The lowest BCUT2D eigenvalue weighted by Crippen LogP contribution is -2.41. The fourth-order valence-corrected chi connectivity index (χ4v) is 2.55. The molecule has 104 valence electrons. The molecule has 0 aromatic heterocycles. The molecule has 0 bridgehead atoms. The van der Waals surface area contributed by atoms with E-state index in [9.17, 15) is 8.42 Å². The summed E-state index contributed by atoms with van der Waals surface area (Å²) < 4.78 is 34.9. The molecule has 0 saturated carbocycles. The minimum Gasteiger partial charge on any atom is -0.399 e. The second-order valence-electron chi connectivity index (χ2n) is 5.93. The lowest BCUT2D eigenvalue weighted by Gasteiger charge is -2.32. The van der Waals surface area contributed by atoms with E-state index in [0.717, 1.165) is 5.46 Å². The molecule has 1 aromatic carbocycles. The van der Waals surface area contributed by atoms with E-state index in [0.29, 0.717) is 0 Å². The molecular formula is C13H19BO4S. The van der Waals surface area contributed by atoms with Gasteiger partial charge in [0.25, 0.3) is 0 Å². The smallest absolute Gasteiger partial charge is 0.399 e. The van der Waals surface area contributed by atoms with Gasteiger partial charge in [0.1, 0.15) is 0 Å². The first-order valence-electron chi connectivity index (χ1n) is 6.19. The van der Waals surface area contributed by atoms with Crippen LogP contribution in [0.4, 0.5) is 0 Å². The SMILES string of the molecule is CC1(C)OB(c2cccc(S(C)(=O)=O)c2)OC1(C)C. The second-order valence-corrected chi connectivity index (χ2v) is 7.95. The van der Waals surface area contributed by atoms with Crippen molar-refractivity contribution in [2.45, 2.75) is 43.8 Å². The molecule has 2 rings (SSSR count). The zero-order valence-corrected chi connectivity index (χ0v) is 12.7. The second kappa shape index (κ2) is 4.33. The third kappa shape index (κ3) is 2.71. The van der Waals surface area contributed by atoms with Crippen molar-refractivity contribution >= 4 is 22.4 Å².